The van der Waals surface area contributed by atoms with Crippen molar-refractivity contribution in [3.05, 3.63) is 36.2 Å². The fraction of sp³-hybridized carbons (Fsp3) is 0.250. The minimum atomic E-state index is -1.08. The van der Waals surface area contributed by atoms with Crippen LogP contribution in [0, 0.1) is 0 Å². The third-order valence-corrected chi connectivity index (χ3v) is 2.50. The molecule has 7 heteroatoms. The summed E-state index contributed by atoms with van der Waals surface area (Å²) >= 11 is 0. The Morgan fingerprint density at radius 3 is 3.05 bits per heavy atom. The molecule has 1 heterocycles. The van der Waals surface area contributed by atoms with Crippen LogP contribution >= 0.6 is 0 Å². The number of aromatic nitrogens is 3. The summed E-state index contributed by atoms with van der Waals surface area (Å²) in [7, 11) is 1.61. The fourth-order valence-electron chi connectivity index (χ4n) is 1.55. The molecule has 19 heavy (non-hydrogen) atoms. The van der Waals surface area contributed by atoms with E-state index in [0.29, 0.717) is 13.1 Å². The van der Waals surface area contributed by atoms with Gasteiger partial charge in [-0.05, 0) is 12.1 Å². The normalized spacial score (nSPS) is 10.2. The lowest BCUT2D eigenvalue weighted by atomic mass is 10.3. The number of nitrogens with one attached hydrogen (secondary N) is 1. The lowest BCUT2D eigenvalue weighted by Crippen LogP contribution is -2.11. The van der Waals surface area contributed by atoms with Crippen molar-refractivity contribution in [2.75, 3.05) is 19.0 Å². The number of benzene rings is 1. The summed E-state index contributed by atoms with van der Waals surface area (Å²) < 4.78 is 6.60. The minimum Gasteiger partial charge on any atom is -0.497 e. The van der Waals surface area contributed by atoms with Gasteiger partial charge < -0.3 is 15.2 Å². The van der Waals surface area contributed by atoms with Crippen LogP contribution in [0.5, 0.6) is 5.75 Å². The Morgan fingerprint density at radius 2 is 2.37 bits per heavy atom. The number of carboxylic acids is 1. The standard InChI is InChI=1S/C12H14N4O3/c1-19-10-4-2-3-9(7-10)13-5-6-16-8-11(12(17)18)14-15-16/h2-4,7-8,13H,5-6H2,1H3,(H,17,18). The predicted octanol–water partition coefficient (Wildman–Crippen LogP) is 1.10. The summed E-state index contributed by atoms with van der Waals surface area (Å²) in [5.74, 6) is -0.300. The van der Waals surface area contributed by atoms with E-state index in [1.807, 2.05) is 24.3 Å². The van der Waals surface area contributed by atoms with E-state index in [4.69, 9.17) is 9.84 Å². The van der Waals surface area contributed by atoms with Crippen molar-refractivity contribution in [1.29, 1.82) is 0 Å². The van der Waals surface area contributed by atoms with Crippen LogP contribution in [0.2, 0.25) is 0 Å². The lowest BCUT2D eigenvalue weighted by molar-refractivity contribution is 0.0690. The number of carbonyl (C=O) groups is 1. The molecule has 0 saturated carbocycles. The number of rotatable bonds is 6. The van der Waals surface area contributed by atoms with Gasteiger partial charge in [-0.15, -0.1) is 5.10 Å². The zero-order valence-corrected chi connectivity index (χ0v) is 10.4. The van der Waals surface area contributed by atoms with Gasteiger partial charge >= 0.3 is 5.97 Å². The highest BCUT2D eigenvalue weighted by Gasteiger charge is 2.07. The molecule has 100 valence electrons. The smallest absolute Gasteiger partial charge is 0.358 e. The number of hydrogen-bond donors (Lipinski definition) is 2. The molecule has 2 N–H and O–H groups in total. The maximum Gasteiger partial charge on any atom is 0.358 e. The number of nitrogens with zero attached hydrogens (tertiary/aromatic N) is 3. The van der Waals surface area contributed by atoms with Crippen molar-refractivity contribution >= 4 is 11.7 Å². The SMILES string of the molecule is COc1cccc(NCCn2cc(C(=O)O)nn2)c1. The first kappa shape index (κ1) is 12.9. The Balaban J connectivity index is 1.86. The topological polar surface area (TPSA) is 89.3 Å². The Bertz CT molecular complexity index is 568. The second kappa shape index (κ2) is 5.85. The molecule has 0 radical (unpaired) electrons. The quantitative estimate of drug-likeness (QED) is 0.810. The van der Waals surface area contributed by atoms with Gasteiger partial charge in [-0.1, -0.05) is 11.3 Å². The van der Waals surface area contributed by atoms with Crippen molar-refractivity contribution in [2.45, 2.75) is 6.54 Å². The van der Waals surface area contributed by atoms with Crippen molar-refractivity contribution in [3.63, 3.8) is 0 Å². The highest BCUT2D eigenvalue weighted by molar-refractivity contribution is 5.84. The molecule has 0 fully saturated rings. The number of anilines is 1. The number of hydrogen-bond acceptors (Lipinski definition) is 5. The Kier molecular flexibility index (Phi) is 3.97. The highest BCUT2D eigenvalue weighted by Crippen LogP contribution is 2.16. The van der Waals surface area contributed by atoms with Crippen LogP contribution in [-0.4, -0.2) is 39.7 Å². The summed E-state index contributed by atoms with van der Waals surface area (Å²) in [6.07, 6.45) is 1.40. The summed E-state index contributed by atoms with van der Waals surface area (Å²) in [6, 6.07) is 7.55. The van der Waals surface area contributed by atoms with E-state index in [-0.39, 0.29) is 5.69 Å². The average Bonchev–Trinajstić information content (AvgIpc) is 2.88. The van der Waals surface area contributed by atoms with Gasteiger partial charge in [-0.3, -0.25) is 0 Å². The molecule has 0 saturated heterocycles. The molecule has 0 unspecified atom stereocenters. The largest absolute Gasteiger partial charge is 0.497 e. The minimum absolute atomic E-state index is 0.0543. The molecule has 1 aromatic carbocycles. The van der Waals surface area contributed by atoms with Crippen LogP contribution in [0.1, 0.15) is 10.5 Å². The zero-order valence-electron chi connectivity index (χ0n) is 10.4. The molecule has 0 aliphatic heterocycles. The van der Waals surface area contributed by atoms with E-state index in [9.17, 15) is 4.79 Å². The third-order valence-electron chi connectivity index (χ3n) is 2.50. The van der Waals surface area contributed by atoms with Gasteiger partial charge in [0.15, 0.2) is 5.69 Å². The van der Waals surface area contributed by atoms with Gasteiger partial charge in [0, 0.05) is 18.3 Å². The number of methoxy groups -OCH3 is 1. The van der Waals surface area contributed by atoms with E-state index in [2.05, 4.69) is 15.6 Å². The molecule has 7 nitrogen and oxygen atoms in total. The summed E-state index contributed by atoms with van der Waals surface area (Å²) in [6.45, 7) is 1.13. The van der Waals surface area contributed by atoms with Crippen LogP contribution < -0.4 is 10.1 Å². The van der Waals surface area contributed by atoms with E-state index in [1.165, 1.54) is 10.9 Å². The predicted molar refractivity (Wildman–Crippen MR) is 68.5 cm³/mol. The van der Waals surface area contributed by atoms with Crippen LogP contribution in [0.4, 0.5) is 5.69 Å². The van der Waals surface area contributed by atoms with Crippen LogP contribution in [0.25, 0.3) is 0 Å². The fourth-order valence-corrected chi connectivity index (χ4v) is 1.55. The second-order valence-electron chi connectivity index (χ2n) is 3.83. The lowest BCUT2D eigenvalue weighted by Gasteiger charge is -2.07. The van der Waals surface area contributed by atoms with Crippen molar-refractivity contribution < 1.29 is 14.6 Å². The molecule has 0 atom stereocenters. The molecule has 0 spiro atoms. The first-order chi connectivity index (χ1) is 9.19. The zero-order chi connectivity index (χ0) is 13.7. The van der Waals surface area contributed by atoms with Gasteiger partial charge in [0.1, 0.15) is 5.75 Å². The summed E-state index contributed by atoms with van der Waals surface area (Å²) in [5.41, 5.74) is 0.874. The number of carboxylic acid groups (broad SMARTS) is 1. The molecule has 0 bridgehead atoms. The number of aromatic carboxylic acids is 1. The van der Waals surface area contributed by atoms with Crippen LogP contribution in [0.3, 0.4) is 0 Å². The molecule has 0 aliphatic rings. The third kappa shape index (κ3) is 3.44. The first-order valence-corrected chi connectivity index (χ1v) is 5.70. The first-order valence-electron chi connectivity index (χ1n) is 5.70. The van der Waals surface area contributed by atoms with E-state index >= 15 is 0 Å². The Labute approximate surface area is 109 Å². The molecular weight excluding hydrogens is 248 g/mol. The summed E-state index contributed by atoms with van der Waals surface area (Å²) in [4.78, 5) is 10.6. The number of ether oxygens (including phenoxy) is 1. The average molecular weight is 262 g/mol. The molecule has 2 rings (SSSR count). The Hall–Kier alpha value is -2.57. The molecular formula is C12H14N4O3. The summed E-state index contributed by atoms with van der Waals surface area (Å²) in [5, 5.41) is 19.2. The van der Waals surface area contributed by atoms with Crippen molar-refractivity contribution in [2.24, 2.45) is 0 Å². The molecule has 0 amide bonds. The molecule has 1 aromatic heterocycles. The van der Waals surface area contributed by atoms with Gasteiger partial charge in [0.2, 0.25) is 0 Å². The van der Waals surface area contributed by atoms with E-state index in [0.717, 1.165) is 11.4 Å². The monoisotopic (exact) mass is 262 g/mol. The maximum atomic E-state index is 10.6. The van der Waals surface area contributed by atoms with Crippen molar-refractivity contribution in [3.8, 4) is 5.75 Å². The highest BCUT2D eigenvalue weighted by atomic mass is 16.5. The van der Waals surface area contributed by atoms with E-state index < -0.39 is 5.97 Å². The van der Waals surface area contributed by atoms with Crippen LogP contribution in [-0.2, 0) is 6.54 Å². The van der Waals surface area contributed by atoms with Crippen molar-refractivity contribution in [1.82, 2.24) is 15.0 Å². The van der Waals surface area contributed by atoms with Crippen LogP contribution in [0.15, 0.2) is 30.5 Å². The van der Waals surface area contributed by atoms with Gasteiger partial charge in [-0.2, -0.15) is 0 Å². The van der Waals surface area contributed by atoms with Gasteiger partial charge in [0.05, 0.1) is 19.9 Å². The molecule has 2 aromatic rings. The maximum absolute atomic E-state index is 10.6. The van der Waals surface area contributed by atoms with E-state index in [1.54, 1.807) is 7.11 Å². The Morgan fingerprint density at radius 1 is 1.53 bits per heavy atom. The second-order valence-corrected chi connectivity index (χ2v) is 3.83. The molecule has 0 aliphatic carbocycles. The van der Waals surface area contributed by atoms with Gasteiger partial charge in [-0.25, -0.2) is 9.48 Å². The van der Waals surface area contributed by atoms with Gasteiger partial charge in [0.25, 0.3) is 0 Å².